The molecule has 0 aromatic heterocycles. The number of carbonyl (C=O) groups is 2. The molecule has 108 valence electrons. The molecule has 0 fully saturated rings. The Bertz CT molecular complexity index is 703. The molecule has 4 nitrogen and oxygen atoms in total. The van der Waals surface area contributed by atoms with Crippen molar-refractivity contribution in [2.45, 2.75) is 6.42 Å². The third kappa shape index (κ3) is 3.79. The van der Waals surface area contributed by atoms with Crippen LogP contribution in [0.1, 0.15) is 15.9 Å². The minimum absolute atomic E-state index is 0.0537. The first kappa shape index (κ1) is 15.0. The molecule has 6 heteroatoms. The quantitative estimate of drug-likeness (QED) is 0.910. The number of hydrogen-bond acceptors (Lipinski definition) is 2. The molecule has 0 heterocycles. The van der Waals surface area contributed by atoms with Gasteiger partial charge in [-0.3, -0.25) is 4.79 Å². The van der Waals surface area contributed by atoms with Gasteiger partial charge in [-0.05, 0) is 29.8 Å². The standard InChI is InChI=1S/C15H11ClFNO3/c16-12-6-5-10(17)8-13(12)18-14(19)7-9-3-1-2-4-11(9)15(20)21/h1-6,8H,7H2,(H,18,19)(H,20,21). The lowest BCUT2D eigenvalue weighted by Gasteiger charge is -2.09. The molecule has 0 atom stereocenters. The molecule has 21 heavy (non-hydrogen) atoms. The molecule has 0 bridgehead atoms. The van der Waals surface area contributed by atoms with Crippen LogP contribution in [0, 0.1) is 5.82 Å². The van der Waals surface area contributed by atoms with E-state index >= 15 is 0 Å². The van der Waals surface area contributed by atoms with Crippen molar-refractivity contribution in [2.75, 3.05) is 5.32 Å². The van der Waals surface area contributed by atoms with Crippen molar-refractivity contribution in [2.24, 2.45) is 0 Å². The Morgan fingerprint density at radius 2 is 1.90 bits per heavy atom. The van der Waals surface area contributed by atoms with Gasteiger partial charge < -0.3 is 10.4 Å². The van der Waals surface area contributed by atoms with E-state index in [-0.39, 0.29) is 22.7 Å². The van der Waals surface area contributed by atoms with E-state index in [1.54, 1.807) is 18.2 Å². The number of benzene rings is 2. The minimum atomic E-state index is -1.11. The third-order valence-corrected chi connectivity index (χ3v) is 3.13. The summed E-state index contributed by atoms with van der Waals surface area (Å²) in [6.07, 6.45) is -0.144. The van der Waals surface area contributed by atoms with Crippen molar-refractivity contribution < 1.29 is 19.1 Å². The van der Waals surface area contributed by atoms with E-state index in [0.29, 0.717) is 5.56 Å². The van der Waals surface area contributed by atoms with Crippen molar-refractivity contribution in [1.82, 2.24) is 0 Å². The minimum Gasteiger partial charge on any atom is -0.478 e. The Labute approximate surface area is 125 Å². The fraction of sp³-hybridized carbons (Fsp3) is 0.0667. The number of rotatable bonds is 4. The van der Waals surface area contributed by atoms with Crippen molar-refractivity contribution in [3.05, 3.63) is 64.4 Å². The van der Waals surface area contributed by atoms with Gasteiger partial charge in [0.2, 0.25) is 5.91 Å². The van der Waals surface area contributed by atoms with Crippen molar-refractivity contribution in [1.29, 1.82) is 0 Å². The number of aromatic carboxylic acids is 1. The molecule has 0 unspecified atom stereocenters. The lowest BCUT2D eigenvalue weighted by Crippen LogP contribution is -2.16. The van der Waals surface area contributed by atoms with Gasteiger partial charge in [0.1, 0.15) is 5.82 Å². The average molecular weight is 308 g/mol. The second-order valence-corrected chi connectivity index (χ2v) is 4.72. The summed E-state index contributed by atoms with van der Waals surface area (Å²) in [6, 6.07) is 9.80. The second-order valence-electron chi connectivity index (χ2n) is 4.31. The van der Waals surface area contributed by atoms with Gasteiger partial charge >= 0.3 is 5.97 Å². The summed E-state index contributed by atoms with van der Waals surface area (Å²) < 4.78 is 13.1. The molecular formula is C15H11ClFNO3. The molecule has 0 spiro atoms. The maximum Gasteiger partial charge on any atom is 0.335 e. The van der Waals surface area contributed by atoms with Crippen LogP contribution in [0.5, 0.6) is 0 Å². The van der Waals surface area contributed by atoms with Gasteiger partial charge in [-0.1, -0.05) is 29.8 Å². The maximum absolute atomic E-state index is 13.1. The normalized spacial score (nSPS) is 10.2. The summed E-state index contributed by atoms with van der Waals surface area (Å²) in [5, 5.41) is 11.7. The molecule has 0 aliphatic heterocycles. The molecule has 0 aliphatic carbocycles. The molecule has 2 aromatic carbocycles. The van der Waals surface area contributed by atoms with Crippen LogP contribution >= 0.6 is 11.6 Å². The highest BCUT2D eigenvalue weighted by Crippen LogP contribution is 2.22. The zero-order valence-corrected chi connectivity index (χ0v) is 11.5. The third-order valence-electron chi connectivity index (χ3n) is 2.80. The van der Waals surface area contributed by atoms with Crippen LogP contribution in [0.2, 0.25) is 5.02 Å². The Morgan fingerprint density at radius 1 is 1.19 bits per heavy atom. The van der Waals surface area contributed by atoms with E-state index in [9.17, 15) is 14.0 Å². The molecule has 2 aromatic rings. The smallest absolute Gasteiger partial charge is 0.335 e. The van der Waals surface area contributed by atoms with Crippen LogP contribution in [0.3, 0.4) is 0 Å². The summed E-state index contributed by atoms with van der Waals surface area (Å²) in [5.74, 6) is -2.11. The highest BCUT2D eigenvalue weighted by atomic mass is 35.5. The Kier molecular flexibility index (Phi) is 4.55. The summed E-state index contributed by atoms with van der Waals surface area (Å²) >= 11 is 5.85. The first-order valence-corrected chi connectivity index (χ1v) is 6.41. The molecule has 0 aliphatic rings. The lowest BCUT2D eigenvalue weighted by molar-refractivity contribution is -0.115. The van der Waals surface area contributed by atoms with Crippen LogP contribution in [0.25, 0.3) is 0 Å². The number of anilines is 1. The van der Waals surface area contributed by atoms with Gasteiger partial charge in [0.15, 0.2) is 0 Å². The lowest BCUT2D eigenvalue weighted by atomic mass is 10.0. The SMILES string of the molecule is O=C(Cc1ccccc1C(=O)O)Nc1cc(F)ccc1Cl. The predicted octanol–water partition coefficient (Wildman–Crippen LogP) is 3.36. The molecule has 0 saturated carbocycles. The van der Waals surface area contributed by atoms with Crippen LogP contribution in [0.15, 0.2) is 42.5 Å². The van der Waals surface area contributed by atoms with Gasteiger partial charge in [0.05, 0.1) is 22.7 Å². The van der Waals surface area contributed by atoms with E-state index in [2.05, 4.69) is 5.32 Å². The molecule has 0 saturated heterocycles. The van der Waals surface area contributed by atoms with E-state index in [1.807, 2.05) is 0 Å². The monoisotopic (exact) mass is 307 g/mol. The molecule has 2 N–H and O–H groups in total. The Balaban J connectivity index is 2.16. The molecule has 2 rings (SSSR count). The summed E-state index contributed by atoms with van der Waals surface area (Å²) in [5.41, 5.74) is 0.572. The van der Waals surface area contributed by atoms with Gasteiger partial charge in [0.25, 0.3) is 0 Å². The van der Waals surface area contributed by atoms with Gasteiger partial charge in [-0.15, -0.1) is 0 Å². The van der Waals surface area contributed by atoms with Crippen LogP contribution in [-0.4, -0.2) is 17.0 Å². The summed E-state index contributed by atoms with van der Waals surface area (Å²) in [6.45, 7) is 0. The number of nitrogens with one attached hydrogen (secondary N) is 1. The van der Waals surface area contributed by atoms with Crippen LogP contribution < -0.4 is 5.32 Å². The average Bonchev–Trinajstić information content (AvgIpc) is 2.43. The zero-order valence-electron chi connectivity index (χ0n) is 10.8. The number of hydrogen-bond donors (Lipinski definition) is 2. The summed E-state index contributed by atoms with van der Waals surface area (Å²) in [7, 11) is 0. The van der Waals surface area contributed by atoms with E-state index in [0.717, 1.165) is 6.07 Å². The van der Waals surface area contributed by atoms with Gasteiger partial charge in [-0.2, -0.15) is 0 Å². The molecular weight excluding hydrogens is 297 g/mol. The highest BCUT2D eigenvalue weighted by Gasteiger charge is 2.13. The largest absolute Gasteiger partial charge is 0.478 e. The van der Waals surface area contributed by atoms with Crippen LogP contribution in [-0.2, 0) is 11.2 Å². The Hall–Kier alpha value is -2.40. The first-order valence-electron chi connectivity index (χ1n) is 6.03. The first-order chi connectivity index (χ1) is 9.97. The van der Waals surface area contributed by atoms with E-state index in [4.69, 9.17) is 16.7 Å². The van der Waals surface area contributed by atoms with Gasteiger partial charge in [0, 0.05) is 0 Å². The van der Waals surface area contributed by atoms with Crippen molar-refractivity contribution in [3.63, 3.8) is 0 Å². The summed E-state index contributed by atoms with van der Waals surface area (Å²) in [4.78, 5) is 23.0. The number of carboxylic acids is 1. The number of carbonyl (C=O) groups excluding carboxylic acids is 1. The topological polar surface area (TPSA) is 66.4 Å². The number of carboxylic acid groups (broad SMARTS) is 1. The number of amides is 1. The molecule has 1 amide bonds. The molecule has 0 radical (unpaired) electrons. The Morgan fingerprint density at radius 3 is 2.62 bits per heavy atom. The van der Waals surface area contributed by atoms with E-state index < -0.39 is 17.7 Å². The van der Waals surface area contributed by atoms with Crippen molar-refractivity contribution >= 4 is 29.2 Å². The number of halogens is 2. The van der Waals surface area contributed by atoms with E-state index in [1.165, 1.54) is 18.2 Å². The van der Waals surface area contributed by atoms with Crippen molar-refractivity contribution in [3.8, 4) is 0 Å². The van der Waals surface area contributed by atoms with Crippen LogP contribution in [0.4, 0.5) is 10.1 Å². The fourth-order valence-corrected chi connectivity index (χ4v) is 2.01. The predicted molar refractivity (Wildman–Crippen MR) is 77.1 cm³/mol. The van der Waals surface area contributed by atoms with Gasteiger partial charge in [-0.25, -0.2) is 9.18 Å². The zero-order chi connectivity index (χ0) is 15.4. The second kappa shape index (κ2) is 6.37. The maximum atomic E-state index is 13.1. The highest BCUT2D eigenvalue weighted by molar-refractivity contribution is 6.33. The fourth-order valence-electron chi connectivity index (χ4n) is 1.84.